The molecule has 0 fully saturated rings. The highest BCUT2D eigenvalue weighted by Gasteiger charge is 2.10. The molecule has 0 bridgehead atoms. The maximum Gasteiger partial charge on any atom is 0.0465 e. The van der Waals surface area contributed by atoms with Crippen LogP contribution >= 0.6 is 0 Å². The molecule has 0 aromatic rings. The van der Waals surface area contributed by atoms with Crippen LogP contribution in [0.1, 0.15) is 34.1 Å². The number of likely N-dealkylation sites (N-methyl/N-ethyl adjacent to an activating group) is 1. The summed E-state index contributed by atoms with van der Waals surface area (Å²) in [5.41, 5.74) is 8.74. The molecule has 3 heteroatoms. The van der Waals surface area contributed by atoms with Crippen LogP contribution in [0.25, 0.3) is 0 Å². The van der Waals surface area contributed by atoms with Crippen LogP contribution in [-0.4, -0.2) is 31.8 Å². The van der Waals surface area contributed by atoms with E-state index in [-0.39, 0.29) is 0 Å². The summed E-state index contributed by atoms with van der Waals surface area (Å²) in [5, 5.41) is 0. The highest BCUT2D eigenvalue weighted by atomic mass is 15.1. The first kappa shape index (κ1) is 25.1. The second kappa shape index (κ2) is 15.5. The monoisotopic (exact) mass is 305 g/mol. The van der Waals surface area contributed by atoms with Gasteiger partial charge < -0.3 is 10.6 Å². The van der Waals surface area contributed by atoms with Crippen molar-refractivity contribution in [1.29, 1.82) is 0 Å². The van der Waals surface area contributed by atoms with Gasteiger partial charge in [0.15, 0.2) is 0 Å². The lowest BCUT2D eigenvalue weighted by atomic mass is 10.1. The quantitative estimate of drug-likeness (QED) is 0.420. The van der Waals surface area contributed by atoms with E-state index in [2.05, 4.69) is 62.5 Å². The van der Waals surface area contributed by atoms with Crippen molar-refractivity contribution in [3.63, 3.8) is 0 Å². The Bertz CT molecular complexity index is 403. The predicted molar refractivity (Wildman–Crippen MR) is 104 cm³/mol. The molecule has 1 unspecified atom stereocenters. The first-order valence-corrected chi connectivity index (χ1v) is 7.30. The van der Waals surface area contributed by atoms with Gasteiger partial charge in [-0.25, -0.2) is 0 Å². The number of hydrogen-bond donors (Lipinski definition) is 1. The van der Waals surface area contributed by atoms with E-state index < -0.39 is 0 Å². The van der Waals surface area contributed by atoms with Crippen LogP contribution in [0.4, 0.5) is 0 Å². The maximum atomic E-state index is 4.50. The van der Waals surface area contributed by atoms with Crippen LogP contribution in [0, 0.1) is 0 Å². The van der Waals surface area contributed by atoms with Crippen molar-refractivity contribution in [2.75, 3.05) is 14.1 Å². The molecule has 1 atom stereocenters. The molecule has 0 spiro atoms. The van der Waals surface area contributed by atoms with Gasteiger partial charge in [-0.3, -0.25) is 4.99 Å². The summed E-state index contributed by atoms with van der Waals surface area (Å²) in [4.78, 5) is 5.89. The van der Waals surface area contributed by atoms with Crippen molar-refractivity contribution in [1.82, 2.24) is 4.90 Å². The fourth-order valence-corrected chi connectivity index (χ4v) is 1.27. The van der Waals surface area contributed by atoms with Crippen molar-refractivity contribution < 1.29 is 0 Å². The highest BCUT2D eigenvalue weighted by Crippen LogP contribution is 2.14. The van der Waals surface area contributed by atoms with Crippen molar-refractivity contribution in [2.24, 2.45) is 10.7 Å². The third kappa shape index (κ3) is 11.9. The van der Waals surface area contributed by atoms with Gasteiger partial charge in [-0.2, -0.15) is 0 Å². The van der Waals surface area contributed by atoms with E-state index in [9.17, 15) is 0 Å². The molecule has 0 aromatic carbocycles. The molecule has 126 valence electrons. The summed E-state index contributed by atoms with van der Waals surface area (Å²) >= 11 is 0. The minimum atomic E-state index is 0.364. The molecule has 0 saturated carbocycles. The van der Waals surface area contributed by atoms with E-state index in [0.29, 0.717) is 6.04 Å². The number of nitrogens with zero attached hydrogens (tertiary/aromatic N) is 2. The fraction of sp³-hybridized carbons (Fsp3) is 0.421. The molecule has 0 aromatic heterocycles. The van der Waals surface area contributed by atoms with E-state index >= 15 is 0 Å². The van der Waals surface area contributed by atoms with Crippen LogP contribution < -0.4 is 5.73 Å². The fourth-order valence-electron chi connectivity index (χ4n) is 1.27. The highest BCUT2D eigenvalue weighted by molar-refractivity contribution is 5.31. The van der Waals surface area contributed by atoms with Gasteiger partial charge in [0.25, 0.3) is 0 Å². The predicted octanol–water partition coefficient (Wildman–Crippen LogP) is 4.71. The van der Waals surface area contributed by atoms with Gasteiger partial charge in [0, 0.05) is 25.0 Å². The van der Waals surface area contributed by atoms with Gasteiger partial charge in [0.1, 0.15) is 0 Å². The van der Waals surface area contributed by atoms with Gasteiger partial charge >= 0.3 is 0 Å². The average Bonchev–Trinajstić information content (AvgIpc) is 2.54. The van der Waals surface area contributed by atoms with Crippen LogP contribution in [0.3, 0.4) is 0 Å². The molecule has 0 aliphatic carbocycles. The molecule has 0 radical (unpaired) electrons. The largest absolute Gasteiger partial charge is 0.370 e. The van der Waals surface area contributed by atoms with E-state index in [1.54, 1.807) is 12.3 Å². The van der Waals surface area contributed by atoms with Gasteiger partial charge in [-0.1, -0.05) is 50.5 Å². The molecule has 0 saturated heterocycles. The first-order valence-electron chi connectivity index (χ1n) is 7.30. The van der Waals surface area contributed by atoms with Crippen molar-refractivity contribution >= 4 is 6.72 Å². The maximum absolute atomic E-state index is 4.50. The smallest absolute Gasteiger partial charge is 0.0465 e. The zero-order valence-electron chi connectivity index (χ0n) is 15.4. The number of nitrogens with two attached hydrogens (primary N) is 1. The van der Waals surface area contributed by atoms with Gasteiger partial charge in [-0.05, 0) is 46.5 Å². The van der Waals surface area contributed by atoms with Crippen LogP contribution in [0.15, 0.2) is 66.0 Å². The molecule has 2 N–H and O–H groups in total. The molecule has 3 nitrogen and oxygen atoms in total. The Morgan fingerprint density at radius 1 is 1.23 bits per heavy atom. The molecule has 22 heavy (non-hydrogen) atoms. The first-order chi connectivity index (χ1) is 10.2. The van der Waals surface area contributed by atoms with Crippen LogP contribution in [0.5, 0.6) is 0 Å². The number of rotatable bonds is 7. The topological polar surface area (TPSA) is 41.6 Å². The van der Waals surface area contributed by atoms with Gasteiger partial charge in [0.2, 0.25) is 0 Å². The molecular formula is C19H35N3. The Hall–Kier alpha value is -1.87. The van der Waals surface area contributed by atoms with Crippen molar-refractivity contribution in [3.05, 3.63) is 61.0 Å². The lowest BCUT2D eigenvalue weighted by molar-refractivity contribution is 0.355. The zero-order valence-corrected chi connectivity index (χ0v) is 15.4. The zero-order chi connectivity index (χ0) is 18.3. The number of hydrogen-bond acceptors (Lipinski definition) is 3. The summed E-state index contributed by atoms with van der Waals surface area (Å²) in [6.07, 6.45) is 4.47. The summed E-state index contributed by atoms with van der Waals surface area (Å²) in [5.74, 6) is 0. The Labute approximate surface area is 138 Å². The molecule has 0 heterocycles. The van der Waals surface area contributed by atoms with Crippen molar-refractivity contribution in [2.45, 2.75) is 40.2 Å². The summed E-state index contributed by atoms with van der Waals surface area (Å²) in [7, 11) is 3.54. The second-order valence-corrected chi connectivity index (χ2v) is 4.76. The Morgan fingerprint density at radius 3 is 1.91 bits per heavy atom. The van der Waals surface area contributed by atoms with E-state index in [4.69, 9.17) is 0 Å². The molecule has 0 aliphatic heterocycles. The summed E-state index contributed by atoms with van der Waals surface area (Å²) in [6, 6.07) is 0.364. The average molecular weight is 306 g/mol. The van der Waals surface area contributed by atoms with Gasteiger partial charge in [-0.15, -0.1) is 0 Å². The van der Waals surface area contributed by atoms with E-state index in [1.807, 2.05) is 20.9 Å². The van der Waals surface area contributed by atoms with E-state index in [1.165, 1.54) is 12.6 Å². The Kier molecular flexibility index (Phi) is 17.7. The van der Waals surface area contributed by atoms with Crippen LogP contribution in [-0.2, 0) is 0 Å². The SMILES string of the molecule is C=CC(=C)C(=C)C.C=N/C=C(/C)N(C)C(C)C(=C)CC.CN. The summed E-state index contributed by atoms with van der Waals surface area (Å²) < 4.78 is 0. The van der Waals surface area contributed by atoms with Crippen molar-refractivity contribution in [3.8, 4) is 0 Å². The minimum Gasteiger partial charge on any atom is -0.370 e. The third-order valence-corrected chi connectivity index (χ3v) is 3.25. The summed E-state index contributed by atoms with van der Waals surface area (Å²) in [6.45, 7) is 26.5. The molecule has 0 amide bonds. The second-order valence-electron chi connectivity index (χ2n) is 4.76. The molecule has 0 rings (SSSR count). The van der Waals surface area contributed by atoms with E-state index in [0.717, 1.165) is 23.3 Å². The minimum absolute atomic E-state index is 0.364. The van der Waals surface area contributed by atoms with Gasteiger partial charge in [0.05, 0.1) is 0 Å². The lowest BCUT2D eigenvalue weighted by Crippen LogP contribution is -2.28. The molecular weight excluding hydrogens is 270 g/mol. The normalized spacial score (nSPS) is 10.8. The molecule has 0 aliphatic rings. The Morgan fingerprint density at radius 2 is 1.68 bits per heavy atom. The third-order valence-electron chi connectivity index (χ3n) is 3.25. The number of allylic oxidation sites excluding steroid dienone is 4. The van der Waals surface area contributed by atoms with Crippen LogP contribution in [0.2, 0.25) is 0 Å². The number of aliphatic imine (C=N–C) groups is 1. The Balaban J connectivity index is -0.000000339. The lowest BCUT2D eigenvalue weighted by Gasteiger charge is -2.28. The standard InChI is InChI=1S/C11H20N2.C7H10.CH5N/c1-7-9(2)11(4)13(6)10(3)8-12-5;1-5-7(4)6(2)3;1-2/h8,11H,2,5,7H2,1,3-4,6H3;5H,1-2,4H2,3H3;2H2,1H3/b10-8-;;.